The average Bonchev–Trinajstić information content (AvgIpc) is 2.47. The number of rotatable bonds is 1. The maximum absolute atomic E-state index is 12.2. The van der Waals surface area contributed by atoms with Crippen molar-refractivity contribution in [3.8, 4) is 0 Å². The van der Waals surface area contributed by atoms with Crippen LogP contribution < -0.4 is 0 Å². The Morgan fingerprint density at radius 2 is 1.81 bits per heavy atom. The molecule has 0 spiro atoms. The minimum Gasteiger partial charge on any atom is -0.299 e. The van der Waals surface area contributed by atoms with Gasteiger partial charge in [-0.15, -0.1) is 0 Å². The number of carbonyl (C=O) groups excluding carboxylic acids is 1. The van der Waals surface area contributed by atoms with E-state index >= 15 is 0 Å². The first-order chi connectivity index (χ1) is 7.29. The fraction of sp³-hybridized carbons (Fsp3) is 0.917. The fourth-order valence-electron chi connectivity index (χ4n) is 4.24. The molecule has 5 atom stereocenters. The SMILES string of the molecule is CC1C(C2C(=O)[C@@H]3CC[C@H]2C3(C)C)S1(=O)=O. The van der Waals surface area contributed by atoms with Crippen molar-refractivity contribution < 1.29 is 13.2 Å². The van der Waals surface area contributed by atoms with E-state index in [1.807, 2.05) is 0 Å². The van der Waals surface area contributed by atoms with Gasteiger partial charge in [0, 0.05) is 11.8 Å². The van der Waals surface area contributed by atoms with Gasteiger partial charge in [-0.2, -0.15) is 0 Å². The molecular formula is C12H18O3S. The Hall–Kier alpha value is -0.380. The molecule has 3 unspecified atom stereocenters. The smallest absolute Gasteiger partial charge is 0.159 e. The molecule has 16 heavy (non-hydrogen) atoms. The molecule has 3 nitrogen and oxygen atoms in total. The summed E-state index contributed by atoms with van der Waals surface area (Å²) >= 11 is 0. The van der Waals surface area contributed by atoms with Gasteiger partial charge in [0.15, 0.2) is 9.84 Å². The highest BCUT2D eigenvalue weighted by Gasteiger charge is 2.69. The lowest BCUT2D eigenvalue weighted by Gasteiger charge is -2.24. The van der Waals surface area contributed by atoms with E-state index in [1.165, 1.54) is 0 Å². The van der Waals surface area contributed by atoms with Crippen LogP contribution in [-0.4, -0.2) is 24.7 Å². The highest BCUT2D eigenvalue weighted by Crippen LogP contribution is 2.62. The molecule has 4 heteroatoms. The second-order valence-electron chi connectivity index (χ2n) is 6.24. The highest BCUT2D eigenvalue weighted by molar-refractivity contribution is 8.00. The molecular weight excluding hydrogens is 224 g/mol. The first-order valence-corrected chi connectivity index (χ1v) is 7.67. The number of hydrogen-bond donors (Lipinski definition) is 0. The lowest BCUT2D eigenvalue weighted by Crippen LogP contribution is -2.28. The summed E-state index contributed by atoms with van der Waals surface area (Å²) in [6, 6.07) is 0. The predicted molar refractivity (Wildman–Crippen MR) is 60.7 cm³/mol. The third-order valence-corrected chi connectivity index (χ3v) is 7.84. The van der Waals surface area contributed by atoms with Crippen molar-refractivity contribution in [1.29, 1.82) is 0 Å². The van der Waals surface area contributed by atoms with Gasteiger partial charge in [-0.25, -0.2) is 8.42 Å². The molecule has 2 saturated carbocycles. The molecule has 3 fully saturated rings. The summed E-state index contributed by atoms with van der Waals surface area (Å²) < 4.78 is 23.3. The summed E-state index contributed by atoms with van der Waals surface area (Å²) in [5.41, 5.74) is 0.0274. The van der Waals surface area contributed by atoms with Crippen molar-refractivity contribution >= 4 is 15.6 Å². The zero-order valence-electron chi connectivity index (χ0n) is 9.93. The molecule has 1 aliphatic heterocycles. The Morgan fingerprint density at radius 1 is 1.25 bits per heavy atom. The molecule has 0 aromatic rings. The maximum atomic E-state index is 12.2. The van der Waals surface area contributed by atoms with E-state index in [2.05, 4.69) is 13.8 Å². The van der Waals surface area contributed by atoms with Gasteiger partial charge in [0.1, 0.15) is 5.78 Å². The topological polar surface area (TPSA) is 51.2 Å². The summed E-state index contributed by atoms with van der Waals surface area (Å²) in [6.45, 7) is 6.01. The number of carbonyl (C=O) groups is 1. The maximum Gasteiger partial charge on any atom is 0.159 e. The largest absolute Gasteiger partial charge is 0.299 e. The molecule has 2 aliphatic carbocycles. The van der Waals surface area contributed by atoms with Crippen LogP contribution >= 0.6 is 0 Å². The molecule has 1 saturated heterocycles. The zero-order valence-corrected chi connectivity index (χ0v) is 10.8. The summed E-state index contributed by atoms with van der Waals surface area (Å²) in [7, 11) is -2.95. The number of hydrogen-bond acceptors (Lipinski definition) is 3. The Morgan fingerprint density at radius 3 is 2.19 bits per heavy atom. The van der Waals surface area contributed by atoms with Crippen molar-refractivity contribution in [2.45, 2.75) is 44.1 Å². The molecule has 90 valence electrons. The predicted octanol–water partition coefficient (Wildman–Crippen LogP) is 1.42. The van der Waals surface area contributed by atoms with Crippen LogP contribution in [0.15, 0.2) is 0 Å². The number of fused-ring (bicyclic) bond motifs is 2. The third kappa shape index (κ3) is 0.998. The number of Topliss-reactive ketones (excluding diaryl/α,β-unsaturated/α-hetero) is 1. The minimum atomic E-state index is -2.95. The number of ketones is 1. The van der Waals surface area contributed by atoms with Gasteiger partial charge < -0.3 is 0 Å². The summed E-state index contributed by atoms with van der Waals surface area (Å²) in [5.74, 6) is 0.466. The second kappa shape index (κ2) is 2.71. The minimum absolute atomic E-state index is 0.0274. The van der Waals surface area contributed by atoms with Crippen molar-refractivity contribution in [2.24, 2.45) is 23.2 Å². The van der Waals surface area contributed by atoms with Gasteiger partial charge in [-0.05, 0) is 31.1 Å². The zero-order chi connectivity index (χ0) is 11.9. The molecule has 0 aromatic carbocycles. The van der Waals surface area contributed by atoms with Crippen molar-refractivity contribution in [1.82, 2.24) is 0 Å². The molecule has 0 amide bonds. The van der Waals surface area contributed by atoms with Crippen molar-refractivity contribution in [2.75, 3.05) is 0 Å². The quantitative estimate of drug-likeness (QED) is 0.653. The van der Waals surface area contributed by atoms with E-state index in [9.17, 15) is 13.2 Å². The van der Waals surface area contributed by atoms with E-state index in [0.717, 1.165) is 12.8 Å². The Balaban J connectivity index is 1.99. The molecule has 1 heterocycles. The molecule has 0 aromatic heterocycles. The fourth-order valence-corrected chi connectivity index (χ4v) is 6.26. The van der Waals surface area contributed by atoms with Crippen LogP contribution in [0.1, 0.15) is 33.6 Å². The first kappa shape index (κ1) is 10.8. The van der Waals surface area contributed by atoms with Gasteiger partial charge in [0.05, 0.1) is 10.5 Å². The van der Waals surface area contributed by atoms with Crippen molar-refractivity contribution in [3.05, 3.63) is 0 Å². The summed E-state index contributed by atoms with van der Waals surface area (Å²) in [6.07, 6.45) is 2.00. The lowest BCUT2D eigenvalue weighted by molar-refractivity contribution is -0.126. The van der Waals surface area contributed by atoms with Crippen LogP contribution in [0.3, 0.4) is 0 Å². The van der Waals surface area contributed by atoms with E-state index < -0.39 is 9.84 Å². The van der Waals surface area contributed by atoms with Crippen LogP contribution in [0.4, 0.5) is 0 Å². The van der Waals surface area contributed by atoms with E-state index in [4.69, 9.17) is 0 Å². The molecule has 3 aliphatic rings. The molecule has 2 bridgehead atoms. The lowest BCUT2D eigenvalue weighted by atomic mass is 9.79. The van der Waals surface area contributed by atoms with Gasteiger partial charge >= 0.3 is 0 Å². The van der Waals surface area contributed by atoms with Gasteiger partial charge in [-0.1, -0.05) is 13.8 Å². The molecule has 3 rings (SSSR count). The first-order valence-electron chi connectivity index (χ1n) is 6.06. The van der Waals surface area contributed by atoms with Gasteiger partial charge in [0.25, 0.3) is 0 Å². The standard InChI is InChI=1S/C12H18O3S/c1-6-11(16(6,14)15)9-7-4-5-8(10(9)13)12(7,2)3/h6-9,11H,4-5H2,1-3H3/t6?,7-,8+,9?,11?/m1/s1. The Labute approximate surface area is 96.5 Å². The van der Waals surface area contributed by atoms with Crippen molar-refractivity contribution in [3.63, 3.8) is 0 Å². The highest BCUT2D eigenvalue weighted by atomic mass is 32.2. The van der Waals surface area contributed by atoms with Crippen LogP contribution in [0.5, 0.6) is 0 Å². The van der Waals surface area contributed by atoms with E-state index in [0.29, 0.717) is 5.92 Å². The second-order valence-corrected chi connectivity index (χ2v) is 8.71. The number of sulfone groups is 1. The van der Waals surface area contributed by atoms with Gasteiger partial charge in [0.2, 0.25) is 0 Å². The molecule has 0 radical (unpaired) electrons. The summed E-state index contributed by atoms with van der Waals surface area (Å²) in [4.78, 5) is 12.2. The normalized spacial score (nSPS) is 51.9. The van der Waals surface area contributed by atoms with Crippen LogP contribution in [-0.2, 0) is 14.6 Å². The summed E-state index contributed by atoms with van der Waals surface area (Å²) in [5, 5.41) is -0.633. The van der Waals surface area contributed by atoms with Gasteiger partial charge in [-0.3, -0.25) is 4.79 Å². The van der Waals surface area contributed by atoms with Crippen LogP contribution in [0.2, 0.25) is 0 Å². The molecule has 0 N–H and O–H groups in total. The van der Waals surface area contributed by atoms with Crippen LogP contribution in [0, 0.1) is 23.2 Å². The van der Waals surface area contributed by atoms with E-state index in [1.54, 1.807) is 6.92 Å². The Kier molecular flexibility index (Phi) is 1.82. The van der Waals surface area contributed by atoms with Crippen LogP contribution in [0.25, 0.3) is 0 Å². The third-order valence-electron chi connectivity index (χ3n) is 5.36. The monoisotopic (exact) mass is 242 g/mol. The van der Waals surface area contributed by atoms with E-state index in [-0.39, 0.29) is 33.5 Å². The average molecular weight is 242 g/mol. The Bertz CT molecular complexity index is 463.